The van der Waals surface area contributed by atoms with E-state index in [0.717, 1.165) is 32.4 Å². The summed E-state index contributed by atoms with van der Waals surface area (Å²) < 4.78 is 0. The van der Waals surface area contributed by atoms with Crippen LogP contribution in [0.5, 0.6) is 0 Å². The molecule has 0 spiro atoms. The fraction of sp³-hybridized carbons (Fsp3) is 0.900. The Labute approximate surface area is 79.7 Å². The highest BCUT2D eigenvalue weighted by molar-refractivity contribution is 5.67. The number of nitrogens with zero attached hydrogens (tertiary/aromatic N) is 1. The number of carboxylic acid groups (broad SMARTS) is 1. The lowest BCUT2D eigenvalue weighted by Crippen LogP contribution is -2.46. The van der Waals surface area contributed by atoms with E-state index in [1.54, 1.807) is 0 Å². The van der Waals surface area contributed by atoms with Gasteiger partial charge in [-0.05, 0) is 25.9 Å². The summed E-state index contributed by atoms with van der Waals surface area (Å²) in [7, 11) is 0. The standard InChI is InChI=1S/C10H19NO2/c1-2-3-5-9(8-10(12)13)11-6-4-7-11/h9H,2-8H2,1H3,(H,12,13). The summed E-state index contributed by atoms with van der Waals surface area (Å²) in [6.45, 7) is 4.34. The molecule has 1 heterocycles. The molecule has 76 valence electrons. The van der Waals surface area contributed by atoms with E-state index in [0.29, 0.717) is 12.5 Å². The van der Waals surface area contributed by atoms with E-state index in [4.69, 9.17) is 5.11 Å². The zero-order valence-corrected chi connectivity index (χ0v) is 8.33. The lowest BCUT2D eigenvalue weighted by Gasteiger charge is -2.37. The minimum absolute atomic E-state index is 0.297. The first kappa shape index (κ1) is 10.5. The monoisotopic (exact) mass is 185 g/mol. The van der Waals surface area contributed by atoms with Crippen molar-refractivity contribution in [2.45, 2.75) is 45.1 Å². The molecule has 1 rings (SSSR count). The molecule has 0 bridgehead atoms. The molecular weight excluding hydrogens is 166 g/mol. The number of carbonyl (C=O) groups is 1. The molecule has 1 unspecified atom stereocenters. The summed E-state index contributed by atoms with van der Waals surface area (Å²) >= 11 is 0. The first-order valence-electron chi connectivity index (χ1n) is 5.20. The number of hydrogen-bond donors (Lipinski definition) is 1. The average Bonchev–Trinajstić information content (AvgIpc) is 1.95. The van der Waals surface area contributed by atoms with Gasteiger partial charge < -0.3 is 5.11 Å². The van der Waals surface area contributed by atoms with Gasteiger partial charge >= 0.3 is 5.97 Å². The van der Waals surface area contributed by atoms with E-state index in [-0.39, 0.29) is 0 Å². The Morgan fingerprint density at radius 1 is 1.54 bits per heavy atom. The third kappa shape index (κ3) is 3.35. The molecule has 1 aliphatic heterocycles. The smallest absolute Gasteiger partial charge is 0.304 e. The Morgan fingerprint density at radius 3 is 2.62 bits per heavy atom. The Kier molecular flexibility index (Phi) is 4.22. The minimum atomic E-state index is -0.659. The first-order valence-corrected chi connectivity index (χ1v) is 5.20. The summed E-state index contributed by atoms with van der Waals surface area (Å²) in [5.41, 5.74) is 0. The van der Waals surface area contributed by atoms with E-state index in [9.17, 15) is 4.79 Å². The normalized spacial score (nSPS) is 19.5. The second-order valence-corrected chi connectivity index (χ2v) is 3.78. The van der Waals surface area contributed by atoms with Crippen molar-refractivity contribution in [2.75, 3.05) is 13.1 Å². The molecule has 13 heavy (non-hydrogen) atoms. The third-order valence-corrected chi connectivity index (χ3v) is 2.71. The molecule has 0 saturated carbocycles. The number of aliphatic carboxylic acids is 1. The van der Waals surface area contributed by atoms with Crippen molar-refractivity contribution in [3.05, 3.63) is 0 Å². The van der Waals surface area contributed by atoms with Gasteiger partial charge in [-0.1, -0.05) is 19.8 Å². The molecule has 1 saturated heterocycles. The van der Waals surface area contributed by atoms with E-state index < -0.39 is 5.97 Å². The Morgan fingerprint density at radius 2 is 2.23 bits per heavy atom. The predicted molar refractivity (Wildman–Crippen MR) is 51.8 cm³/mol. The summed E-state index contributed by atoms with van der Waals surface area (Å²) in [4.78, 5) is 12.9. The Hall–Kier alpha value is -0.570. The van der Waals surface area contributed by atoms with Crippen molar-refractivity contribution in [1.29, 1.82) is 0 Å². The van der Waals surface area contributed by atoms with Crippen LogP contribution in [0.1, 0.15) is 39.0 Å². The molecule has 0 aliphatic carbocycles. The number of rotatable bonds is 6. The van der Waals surface area contributed by atoms with E-state index in [1.165, 1.54) is 6.42 Å². The van der Waals surface area contributed by atoms with E-state index >= 15 is 0 Å². The van der Waals surface area contributed by atoms with Crippen molar-refractivity contribution >= 4 is 5.97 Å². The second kappa shape index (κ2) is 5.22. The Balaban J connectivity index is 2.28. The van der Waals surface area contributed by atoms with Gasteiger partial charge in [-0.2, -0.15) is 0 Å². The van der Waals surface area contributed by atoms with Gasteiger partial charge in [0.05, 0.1) is 6.42 Å². The van der Waals surface area contributed by atoms with Gasteiger partial charge in [-0.15, -0.1) is 0 Å². The number of carboxylic acids is 1. The van der Waals surface area contributed by atoms with Crippen LogP contribution in [0.4, 0.5) is 0 Å². The Bertz CT molecular complexity index is 166. The van der Waals surface area contributed by atoms with Crippen LogP contribution in [0, 0.1) is 0 Å². The van der Waals surface area contributed by atoms with Crippen LogP contribution < -0.4 is 0 Å². The third-order valence-electron chi connectivity index (χ3n) is 2.71. The van der Waals surface area contributed by atoms with Crippen LogP contribution >= 0.6 is 0 Å². The fourth-order valence-electron chi connectivity index (χ4n) is 1.76. The summed E-state index contributed by atoms with van der Waals surface area (Å²) in [6.07, 6.45) is 4.91. The molecule has 1 N–H and O–H groups in total. The van der Waals surface area contributed by atoms with Gasteiger partial charge in [0.2, 0.25) is 0 Å². The second-order valence-electron chi connectivity index (χ2n) is 3.78. The van der Waals surface area contributed by atoms with Crippen molar-refractivity contribution in [3.8, 4) is 0 Å². The molecule has 1 fully saturated rings. The molecule has 3 nitrogen and oxygen atoms in total. The fourth-order valence-corrected chi connectivity index (χ4v) is 1.76. The molecule has 0 amide bonds. The minimum Gasteiger partial charge on any atom is -0.481 e. The maximum absolute atomic E-state index is 10.6. The van der Waals surface area contributed by atoms with E-state index in [2.05, 4.69) is 11.8 Å². The molecule has 0 aromatic carbocycles. The summed E-state index contributed by atoms with van der Waals surface area (Å²) in [6, 6.07) is 0.297. The number of hydrogen-bond acceptors (Lipinski definition) is 2. The van der Waals surface area contributed by atoms with Crippen LogP contribution in [0.15, 0.2) is 0 Å². The topological polar surface area (TPSA) is 40.5 Å². The highest BCUT2D eigenvalue weighted by atomic mass is 16.4. The number of likely N-dealkylation sites (tertiary alicyclic amines) is 1. The molecule has 0 radical (unpaired) electrons. The SMILES string of the molecule is CCCCC(CC(=O)O)N1CCC1. The van der Waals surface area contributed by atoms with Crippen LogP contribution in [0.25, 0.3) is 0 Å². The molecule has 1 atom stereocenters. The molecule has 3 heteroatoms. The molecular formula is C10H19NO2. The van der Waals surface area contributed by atoms with Gasteiger partial charge in [0.25, 0.3) is 0 Å². The van der Waals surface area contributed by atoms with Crippen LogP contribution in [-0.4, -0.2) is 35.1 Å². The quantitative estimate of drug-likeness (QED) is 0.685. The van der Waals surface area contributed by atoms with Gasteiger partial charge in [0.1, 0.15) is 0 Å². The van der Waals surface area contributed by atoms with Crippen molar-refractivity contribution in [1.82, 2.24) is 4.90 Å². The van der Waals surface area contributed by atoms with E-state index in [1.807, 2.05) is 0 Å². The highest BCUT2D eigenvalue weighted by Crippen LogP contribution is 2.18. The van der Waals surface area contributed by atoms with Gasteiger partial charge in [-0.25, -0.2) is 0 Å². The van der Waals surface area contributed by atoms with Crippen molar-refractivity contribution in [3.63, 3.8) is 0 Å². The van der Waals surface area contributed by atoms with Crippen molar-refractivity contribution < 1.29 is 9.90 Å². The number of unbranched alkanes of at least 4 members (excludes halogenated alkanes) is 1. The first-order chi connectivity index (χ1) is 6.24. The maximum atomic E-state index is 10.6. The van der Waals surface area contributed by atoms with Crippen LogP contribution in [0.2, 0.25) is 0 Å². The lowest BCUT2D eigenvalue weighted by molar-refractivity contribution is -0.138. The predicted octanol–water partition coefficient (Wildman–Crippen LogP) is 1.73. The van der Waals surface area contributed by atoms with Gasteiger partial charge in [-0.3, -0.25) is 9.69 Å². The zero-order chi connectivity index (χ0) is 9.68. The molecule has 0 aromatic rings. The molecule has 0 aromatic heterocycles. The van der Waals surface area contributed by atoms with Gasteiger partial charge in [0.15, 0.2) is 0 Å². The zero-order valence-electron chi connectivity index (χ0n) is 8.33. The summed E-state index contributed by atoms with van der Waals surface area (Å²) in [5, 5.41) is 8.73. The van der Waals surface area contributed by atoms with Crippen LogP contribution in [-0.2, 0) is 4.79 Å². The van der Waals surface area contributed by atoms with Crippen LogP contribution in [0.3, 0.4) is 0 Å². The summed E-state index contributed by atoms with van der Waals surface area (Å²) in [5.74, 6) is -0.659. The average molecular weight is 185 g/mol. The largest absolute Gasteiger partial charge is 0.481 e. The molecule has 1 aliphatic rings. The maximum Gasteiger partial charge on any atom is 0.304 e. The lowest BCUT2D eigenvalue weighted by atomic mass is 10.0. The van der Waals surface area contributed by atoms with Gasteiger partial charge in [0, 0.05) is 6.04 Å². The highest BCUT2D eigenvalue weighted by Gasteiger charge is 2.25. The van der Waals surface area contributed by atoms with Crippen molar-refractivity contribution in [2.24, 2.45) is 0 Å².